The number of rotatable bonds is 5. The van der Waals surface area contributed by atoms with Crippen LogP contribution in [0.25, 0.3) is 0 Å². The highest BCUT2D eigenvalue weighted by Gasteiger charge is 2.15. The zero-order chi connectivity index (χ0) is 9.52. The third-order valence-electron chi connectivity index (χ3n) is 2.88. The molecule has 1 heterocycles. The molecule has 1 aliphatic heterocycles. The molecular formula is C11H24N2. The Morgan fingerprint density at radius 3 is 2.77 bits per heavy atom. The van der Waals surface area contributed by atoms with Crippen LogP contribution in [0.4, 0.5) is 0 Å². The Morgan fingerprint density at radius 1 is 1.38 bits per heavy atom. The minimum Gasteiger partial charge on any atom is -0.302 e. The van der Waals surface area contributed by atoms with Gasteiger partial charge in [-0.3, -0.25) is 5.32 Å². The molecule has 0 aromatic carbocycles. The van der Waals surface area contributed by atoms with E-state index in [0.29, 0.717) is 6.17 Å². The zero-order valence-corrected chi connectivity index (χ0v) is 9.10. The maximum absolute atomic E-state index is 3.70. The van der Waals surface area contributed by atoms with Crippen LogP contribution in [0.3, 0.4) is 0 Å². The molecule has 0 bridgehead atoms. The molecule has 1 rings (SSSR count). The van der Waals surface area contributed by atoms with Crippen LogP contribution in [-0.2, 0) is 0 Å². The summed E-state index contributed by atoms with van der Waals surface area (Å²) in [5.74, 6) is 0. The van der Waals surface area contributed by atoms with Gasteiger partial charge in [0.25, 0.3) is 0 Å². The van der Waals surface area contributed by atoms with Crippen molar-refractivity contribution in [2.75, 3.05) is 6.54 Å². The molecule has 2 N–H and O–H groups in total. The van der Waals surface area contributed by atoms with Gasteiger partial charge in [0.05, 0.1) is 6.17 Å². The zero-order valence-electron chi connectivity index (χ0n) is 9.10. The second-order valence-corrected chi connectivity index (χ2v) is 4.06. The van der Waals surface area contributed by atoms with Gasteiger partial charge in [-0.05, 0) is 38.6 Å². The van der Waals surface area contributed by atoms with Crippen molar-refractivity contribution >= 4 is 0 Å². The van der Waals surface area contributed by atoms with E-state index in [1.807, 2.05) is 0 Å². The fourth-order valence-corrected chi connectivity index (χ4v) is 2.03. The van der Waals surface area contributed by atoms with Gasteiger partial charge in [-0.15, -0.1) is 0 Å². The lowest BCUT2D eigenvalue weighted by atomic mass is 10.1. The second kappa shape index (κ2) is 6.39. The molecule has 0 amide bonds. The largest absolute Gasteiger partial charge is 0.302 e. The summed E-state index contributed by atoms with van der Waals surface area (Å²) in [5.41, 5.74) is 0. The minimum absolute atomic E-state index is 0.588. The molecule has 0 aromatic heterocycles. The summed E-state index contributed by atoms with van der Waals surface area (Å²) in [7, 11) is 0. The molecule has 1 saturated heterocycles. The maximum Gasteiger partial charge on any atom is 0.0573 e. The van der Waals surface area contributed by atoms with E-state index in [9.17, 15) is 0 Å². The van der Waals surface area contributed by atoms with Crippen molar-refractivity contribution in [3.63, 3.8) is 0 Å². The normalized spacial score (nSPS) is 25.8. The average molecular weight is 184 g/mol. The van der Waals surface area contributed by atoms with Gasteiger partial charge in [0.15, 0.2) is 0 Å². The molecule has 1 aliphatic rings. The van der Waals surface area contributed by atoms with Gasteiger partial charge in [-0.1, -0.05) is 20.3 Å². The molecule has 0 saturated carbocycles. The van der Waals surface area contributed by atoms with Crippen LogP contribution in [0, 0.1) is 0 Å². The first-order valence-electron chi connectivity index (χ1n) is 5.86. The quantitative estimate of drug-likeness (QED) is 0.685. The average Bonchev–Trinajstić information content (AvgIpc) is 2.19. The van der Waals surface area contributed by atoms with Gasteiger partial charge < -0.3 is 5.32 Å². The Hall–Kier alpha value is -0.0800. The third kappa shape index (κ3) is 4.10. The molecule has 13 heavy (non-hydrogen) atoms. The molecule has 0 spiro atoms. The molecule has 0 aliphatic carbocycles. The summed E-state index contributed by atoms with van der Waals surface area (Å²) in [6.45, 7) is 5.73. The Bertz CT molecular complexity index is 117. The van der Waals surface area contributed by atoms with Crippen molar-refractivity contribution in [1.82, 2.24) is 10.6 Å². The lowest BCUT2D eigenvalue weighted by Crippen LogP contribution is -2.49. The summed E-state index contributed by atoms with van der Waals surface area (Å²) in [6, 6.07) is 0.723. The molecule has 78 valence electrons. The summed E-state index contributed by atoms with van der Waals surface area (Å²) in [6.07, 6.45) is 8.49. The monoisotopic (exact) mass is 184 g/mol. The standard InChI is InChI=1S/C11H24N2/c1-3-7-10(4-2)13-11-8-5-6-9-12-11/h10-13H,3-9H2,1-2H3. The first-order valence-corrected chi connectivity index (χ1v) is 5.86. The van der Waals surface area contributed by atoms with Crippen molar-refractivity contribution in [2.45, 2.75) is 64.6 Å². The highest BCUT2D eigenvalue weighted by molar-refractivity contribution is 4.74. The third-order valence-corrected chi connectivity index (χ3v) is 2.88. The minimum atomic E-state index is 0.588. The van der Waals surface area contributed by atoms with E-state index in [4.69, 9.17) is 0 Å². The van der Waals surface area contributed by atoms with Crippen molar-refractivity contribution in [2.24, 2.45) is 0 Å². The molecular weight excluding hydrogens is 160 g/mol. The molecule has 0 radical (unpaired) electrons. The SMILES string of the molecule is CCCC(CC)NC1CCCCN1. The highest BCUT2D eigenvalue weighted by atomic mass is 15.1. The van der Waals surface area contributed by atoms with Gasteiger partial charge in [0.2, 0.25) is 0 Å². The molecule has 1 fully saturated rings. The predicted molar refractivity (Wildman–Crippen MR) is 57.8 cm³/mol. The summed E-state index contributed by atoms with van der Waals surface area (Å²) in [5, 5.41) is 7.23. The Labute approximate surface area is 82.5 Å². The van der Waals surface area contributed by atoms with Crippen molar-refractivity contribution in [3.8, 4) is 0 Å². The number of hydrogen-bond donors (Lipinski definition) is 2. The van der Waals surface area contributed by atoms with Crippen LogP contribution in [0.15, 0.2) is 0 Å². The fourth-order valence-electron chi connectivity index (χ4n) is 2.03. The topological polar surface area (TPSA) is 24.1 Å². The van der Waals surface area contributed by atoms with Gasteiger partial charge in [-0.2, -0.15) is 0 Å². The second-order valence-electron chi connectivity index (χ2n) is 4.06. The smallest absolute Gasteiger partial charge is 0.0573 e. The summed E-state index contributed by atoms with van der Waals surface area (Å²) in [4.78, 5) is 0. The van der Waals surface area contributed by atoms with Crippen molar-refractivity contribution in [3.05, 3.63) is 0 Å². The molecule has 0 aromatic rings. The lowest BCUT2D eigenvalue weighted by Gasteiger charge is -2.29. The van der Waals surface area contributed by atoms with E-state index in [-0.39, 0.29) is 0 Å². The van der Waals surface area contributed by atoms with Crippen LogP contribution >= 0.6 is 0 Å². The van der Waals surface area contributed by atoms with E-state index in [0.717, 1.165) is 6.04 Å². The van der Waals surface area contributed by atoms with Crippen LogP contribution in [-0.4, -0.2) is 18.8 Å². The molecule has 2 unspecified atom stereocenters. The van der Waals surface area contributed by atoms with Crippen LogP contribution in [0.2, 0.25) is 0 Å². The van der Waals surface area contributed by atoms with Crippen molar-refractivity contribution < 1.29 is 0 Å². The van der Waals surface area contributed by atoms with Gasteiger partial charge in [-0.25, -0.2) is 0 Å². The highest BCUT2D eigenvalue weighted by Crippen LogP contribution is 2.08. The Kier molecular flexibility index (Phi) is 5.40. The summed E-state index contributed by atoms with van der Waals surface area (Å²) < 4.78 is 0. The van der Waals surface area contributed by atoms with E-state index in [2.05, 4.69) is 24.5 Å². The lowest BCUT2D eigenvalue weighted by molar-refractivity contribution is 0.298. The van der Waals surface area contributed by atoms with Crippen LogP contribution in [0.1, 0.15) is 52.4 Å². The van der Waals surface area contributed by atoms with Gasteiger partial charge in [0, 0.05) is 6.04 Å². The van der Waals surface area contributed by atoms with E-state index in [1.54, 1.807) is 0 Å². The number of nitrogens with one attached hydrogen (secondary N) is 2. The number of piperidine rings is 1. The molecule has 2 heteroatoms. The van der Waals surface area contributed by atoms with Crippen molar-refractivity contribution in [1.29, 1.82) is 0 Å². The first kappa shape index (κ1) is 11.0. The number of hydrogen-bond acceptors (Lipinski definition) is 2. The van der Waals surface area contributed by atoms with Gasteiger partial charge in [0.1, 0.15) is 0 Å². The summed E-state index contributed by atoms with van der Waals surface area (Å²) >= 11 is 0. The maximum atomic E-state index is 3.70. The Balaban J connectivity index is 2.18. The molecule has 2 atom stereocenters. The van der Waals surface area contributed by atoms with E-state index < -0.39 is 0 Å². The predicted octanol–water partition coefficient (Wildman–Crippen LogP) is 2.25. The first-order chi connectivity index (χ1) is 6.36. The van der Waals surface area contributed by atoms with E-state index in [1.165, 1.54) is 45.1 Å². The van der Waals surface area contributed by atoms with E-state index >= 15 is 0 Å². The fraction of sp³-hybridized carbons (Fsp3) is 1.00. The van der Waals surface area contributed by atoms with Gasteiger partial charge >= 0.3 is 0 Å². The van der Waals surface area contributed by atoms with Crippen LogP contribution < -0.4 is 10.6 Å². The van der Waals surface area contributed by atoms with Crippen LogP contribution in [0.5, 0.6) is 0 Å². The molecule has 2 nitrogen and oxygen atoms in total. The Morgan fingerprint density at radius 2 is 2.23 bits per heavy atom.